The van der Waals surface area contributed by atoms with E-state index in [1.807, 2.05) is 37.3 Å². The largest absolute Gasteiger partial charge is 0.488 e. The van der Waals surface area contributed by atoms with Crippen molar-refractivity contribution in [2.45, 2.75) is 19.1 Å². The lowest BCUT2D eigenvalue weighted by atomic mass is 10.1. The minimum absolute atomic E-state index is 0.0510. The summed E-state index contributed by atoms with van der Waals surface area (Å²) in [7, 11) is 0. The van der Waals surface area contributed by atoms with Crippen LogP contribution in [0.15, 0.2) is 54.6 Å². The monoisotopic (exact) mass is 289 g/mol. The fourth-order valence-corrected chi connectivity index (χ4v) is 1.98. The molecule has 0 aliphatic rings. The van der Waals surface area contributed by atoms with E-state index >= 15 is 0 Å². The van der Waals surface area contributed by atoms with E-state index < -0.39 is 11.9 Å². The summed E-state index contributed by atoms with van der Waals surface area (Å²) in [5.74, 6) is -0.261. The van der Waals surface area contributed by atoms with Crippen LogP contribution in [0.1, 0.15) is 18.5 Å². The van der Waals surface area contributed by atoms with Crippen LogP contribution in [-0.2, 0) is 0 Å². The van der Waals surface area contributed by atoms with Crippen molar-refractivity contribution in [2.75, 3.05) is 13.2 Å². The molecule has 0 spiro atoms. The van der Waals surface area contributed by atoms with Gasteiger partial charge in [0.05, 0.1) is 0 Å². The molecule has 0 aliphatic carbocycles. The van der Waals surface area contributed by atoms with Crippen molar-refractivity contribution < 1.29 is 14.2 Å². The van der Waals surface area contributed by atoms with Gasteiger partial charge < -0.3 is 15.2 Å². The van der Waals surface area contributed by atoms with Crippen LogP contribution in [0.25, 0.3) is 0 Å². The quantitative estimate of drug-likeness (QED) is 0.823. The fourth-order valence-electron chi connectivity index (χ4n) is 1.98. The first-order valence-corrected chi connectivity index (χ1v) is 7.00. The average molecular weight is 289 g/mol. The number of aliphatic hydroxyl groups is 1. The van der Waals surface area contributed by atoms with Crippen LogP contribution in [0, 0.1) is 5.82 Å². The predicted octanol–water partition coefficient (Wildman–Crippen LogP) is 2.92. The molecule has 112 valence electrons. The molecule has 0 aromatic heterocycles. The molecule has 2 rings (SSSR count). The molecule has 0 bridgehead atoms. The van der Waals surface area contributed by atoms with Crippen molar-refractivity contribution in [1.29, 1.82) is 0 Å². The van der Waals surface area contributed by atoms with Crippen LogP contribution in [0.4, 0.5) is 4.39 Å². The summed E-state index contributed by atoms with van der Waals surface area (Å²) in [6, 6.07) is 16.3. The molecule has 0 saturated carbocycles. The third-order valence-electron chi connectivity index (χ3n) is 3.23. The van der Waals surface area contributed by atoms with Gasteiger partial charge in [0, 0.05) is 12.6 Å². The van der Waals surface area contributed by atoms with Gasteiger partial charge in [-0.1, -0.05) is 42.5 Å². The minimum atomic E-state index is -0.698. The van der Waals surface area contributed by atoms with E-state index in [1.165, 1.54) is 6.07 Å². The highest BCUT2D eigenvalue weighted by atomic mass is 19.1. The lowest BCUT2D eigenvalue weighted by Crippen LogP contribution is -2.33. The zero-order chi connectivity index (χ0) is 15.1. The number of nitrogens with one attached hydrogen (secondary N) is 1. The first-order chi connectivity index (χ1) is 10.2. The average Bonchev–Trinajstić information content (AvgIpc) is 2.52. The summed E-state index contributed by atoms with van der Waals surface area (Å²) in [6.45, 7) is 2.46. The summed E-state index contributed by atoms with van der Waals surface area (Å²) in [4.78, 5) is 0. The Morgan fingerprint density at radius 2 is 1.76 bits per heavy atom. The predicted molar refractivity (Wildman–Crippen MR) is 80.8 cm³/mol. The Morgan fingerprint density at radius 3 is 2.48 bits per heavy atom. The third kappa shape index (κ3) is 4.85. The number of halogens is 1. The maximum Gasteiger partial charge on any atom is 0.165 e. The second kappa shape index (κ2) is 7.76. The molecule has 1 unspecified atom stereocenters. The molecule has 0 radical (unpaired) electrons. The Hall–Kier alpha value is -1.91. The molecule has 2 aromatic rings. The van der Waals surface area contributed by atoms with Gasteiger partial charge in [0.25, 0.3) is 0 Å². The Bertz CT molecular complexity index is 547. The smallest absolute Gasteiger partial charge is 0.165 e. The van der Waals surface area contributed by atoms with Crippen LogP contribution >= 0.6 is 0 Å². The lowest BCUT2D eigenvalue weighted by molar-refractivity contribution is 0.102. The summed E-state index contributed by atoms with van der Waals surface area (Å²) in [6.07, 6.45) is -0.698. The molecule has 3 nitrogen and oxygen atoms in total. The van der Waals surface area contributed by atoms with Crippen LogP contribution in [0.2, 0.25) is 0 Å². The minimum Gasteiger partial charge on any atom is -0.488 e. The van der Waals surface area contributed by atoms with Crippen molar-refractivity contribution in [1.82, 2.24) is 5.32 Å². The number of hydrogen-bond acceptors (Lipinski definition) is 3. The van der Waals surface area contributed by atoms with Crippen molar-refractivity contribution in [3.8, 4) is 5.75 Å². The molecule has 2 atom stereocenters. The van der Waals surface area contributed by atoms with E-state index in [9.17, 15) is 9.50 Å². The SMILES string of the molecule is C[C@H](NCC(O)COc1ccccc1F)c1ccccc1. The highest BCUT2D eigenvalue weighted by molar-refractivity contribution is 5.23. The zero-order valence-electron chi connectivity index (χ0n) is 12.0. The van der Waals surface area contributed by atoms with E-state index in [4.69, 9.17) is 4.74 Å². The van der Waals surface area contributed by atoms with E-state index in [0.717, 1.165) is 5.56 Å². The topological polar surface area (TPSA) is 41.5 Å². The molecular formula is C17H20FNO2. The van der Waals surface area contributed by atoms with Crippen molar-refractivity contribution in [3.05, 3.63) is 66.0 Å². The molecule has 0 saturated heterocycles. The van der Waals surface area contributed by atoms with E-state index in [2.05, 4.69) is 5.32 Å². The third-order valence-corrected chi connectivity index (χ3v) is 3.23. The van der Waals surface area contributed by atoms with Crippen LogP contribution in [-0.4, -0.2) is 24.4 Å². The second-order valence-corrected chi connectivity index (χ2v) is 4.94. The first kappa shape index (κ1) is 15.5. The maximum atomic E-state index is 13.4. The summed E-state index contributed by atoms with van der Waals surface area (Å²) < 4.78 is 18.6. The van der Waals surface area contributed by atoms with Crippen molar-refractivity contribution in [2.24, 2.45) is 0 Å². The molecule has 2 aromatic carbocycles. The van der Waals surface area contributed by atoms with Crippen LogP contribution in [0.5, 0.6) is 5.75 Å². The number of hydrogen-bond donors (Lipinski definition) is 2. The molecule has 0 amide bonds. The molecule has 4 heteroatoms. The molecule has 0 heterocycles. The van der Waals surface area contributed by atoms with Gasteiger partial charge in [-0.2, -0.15) is 0 Å². The Kier molecular flexibility index (Phi) is 5.72. The lowest BCUT2D eigenvalue weighted by Gasteiger charge is -2.18. The summed E-state index contributed by atoms with van der Waals surface area (Å²) in [5.41, 5.74) is 1.15. The second-order valence-electron chi connectivity index (χ2n) is 4.94. The van der Waals surface area contributed by atoms with E-state index in [-0.39, 0.29) is 18.4 Å². The van der Waals surface area contributed by atoms with Gasteiger partial charge >= 0.3 is 0 Å². The van der Waals surface area contributed by atoms with Crippen molar-refractivity contribution >= 4 is 0 Å². The standard InChI is InChI=1S/C17H20FNO2/c1-13(14-7-3-2-4-8-14)19-11-15(20)12-21-17-10-6-5-9-16(17)18/h2-10,13,15,19-20H,11-12H2,1H3/t13-,15?/m0/s1. The molecule has 2 N–H and O–H groups in total. The van der Waals surface area contributed by atoms with Gasteiger partial charge in [-0.05, 0) is 24.6 Å². The number of ether oxygens (including phenoxy) is 1. The zero-order valence-corrected chi connectivity index (χ0v) is 12.0. The highest BCUT2D eigenvalue weighted by Crippen LogP contribution is 2.15. The number of benzene rings is 2. The van der Waals surface area contributed by atoms with E-state index in [0.29, 0.717) is 6.54 Å². The van der Waals surface area contributed by atoms with Gasteiger partial charge in [-0.3, -0.25) is 0 Å². The number of rotatable bonds is 7. The summed E-state index contributed by atoms with van der Waals surface area (Å²) >= 11 is 0. The van der Waals surface area contributed by atoms with Crippen LogP contribution in [0.3, 0.4) is 0 Å². The fraction of sp³-hybridized carbons (Fsp3) is 0.294. The highest BCUT2D eigenvalue weighted by Gasteiger charge is 2.10. The first-order valence-electron chi connectivity index (χ1n) is 7.00. The van der Waals surface area contributed by atoms with Gasteiger partial charge in [-0.25, -0.2) is 4.39 Å². The Balaban J connectivity index is 1.75. The molecular weight excluding hydrogens is 269 g/mol. The van der Waals surface area contributed by atoms with E-state index in [1.54, 1.807) is 18.2 Å². The van der Waals surface area contributed by atoms with Gasteiger partial charge in [0.2, 0.25) is 0 Å². The van der Waals surface area contributed by atoms with Crippen molar-refractivity contribution in [3.63, 3.8) is 0 Å². The van der Waals surface area contributed by atoms with Gasteiger partial charge in [0.1, 0.15) is 12.7 Å². The Morgan fingerprint density at radius 1 is 1.10 bits per heavy atom. The molecule has 0 fully saturated rings. The number of para-hydroxylation sites is 1. The molecule has 21 heavy (non-hydrogen) atoms. The van der Waals surface area contributed by atoms with Gasteiger partial charge in [0.15, 0.2) is 11.6 Å². The summed E-state index contributed by atoms with van der Waals surface area (Å²) in [5, 5.41) is 13.1. The number of aliphatic hydroxyl groups excluding tert-OH is 1. The van der Waals surface area contributed by atoms with Crippen LogP contribution < -0.4 is 10.1 Å². The Labute approximate surface area is 124 Å². The normalized spacial score (nSPS) is 13.7. The molecule has 0 aliphatic heterocycles. The maximum absolute atomic E-state index is 13.4. The van der Waals surface area contributed by atoms with Gasteiger partial charge in [-0.15, -0.1) is 0 Å².